The first-order valence-electron chi connectivity index (χ1n) is 9.62. The number of nitrogens with zero attached hydrogens (tertiary/aromatic N) is 1. The number of benzene rings is 2. The van der Waals surface area contributed by atoms with Crippen molar-refractivity contribution in [2.24, 2.45) is 16.8 Å². The van der Waals surface area contributed by atoms with Crippen LogP contribution in [0, 0.1) is 5.92 Å². The van der Waals surface area contributed by atoms with E-state index in [1.165, 1.54) is 5.56 Å². The first kappa shape index (κ1) is 21.1. The summed E-state index contributed by atoms with van der Waals surface area (Å²) in [6.45, 7) is 0.602. The Kier molecular flexibility index (Phi) is 7.49. The van der Waals surface area contributed by atoms with Gasteiger partial charge in [-0.25, -0.2) is 0 Å². The third-order valence-corrected chi connectivity index (χ3v) is 5.05. The zero-order valence-corrected chi connectivity index (χ0v) is 16.9. The minimum absolute atomic E-state index is 0.0575. The van der Waals surface area contributed by atoms with Crippen molar-refractivity contribution in [3.63, 3.8) is 0 Å². The zero-order chi connectivity index (χ0) is 20.6. The summed E-state index contributed by atoms with van der Waals surface area (Å²) in [5.74, 6) is 0.924. The van der Waals surface area contributed by atoms with Gasteiger partial charge in [0.05, 0.1) is 13.2 Å². The van der Waals surface area contributed by atoms with Crippen LogP contribution in [0.1, 0.15) is 23.1 Å². The molecule has 2 aromatic carbocycles. The van der Waals surface area contributed by atoms with Gasteiger partial charge >= 0.3 is 0 Å². The predicted molar refractivity (Wildman–Crippen MR) is 112 cm³/mol. The van der Waals surface area contributed by atoms with Crippen molar-refractivity contribution in [1.82, 2.24) is 0 Å². The second kappa shape index (κ2) is 10.3. The Morgan fingerprint density at radius 2 is 2.00 bits per heavy atom. The molecule has 3 N–H and O–H groups in total. The summed E-state index contributed by atoms with van der Waals surface area (Å²) in [7, 11) is 0. The molecule has 0 saturated heterocycles. The highest BCUT2D eigenvalue weighted by Gasteiger charge is 2.21. The van der Waals surface area contributed by atoms with Gasteiger partial charge in [-0.05, 0) is 41.3 Å². The third kappa shape index (κ3) is 6.21. The van der Waals surface area contributed by atoms with Gasteiger partial charge in [-0.3, -0.25) is 4.79 Å². The summed E-state index contributed by atoms with van der Waals surface area (Å²) in [5, 5.41) is 13.4. The van der Waals surface area contributed by atoms with E-state index in [-0.39, 0.29) is 37.2 Å². The van der Waals surface area contributed by atoms with Gasteiger partial charge in [0.2, 0.25) is 0 Å². The van der Waals surface area contributed by atoms with E-state index in [0.717, 1.165) is 23.3 Å². The Morgan fingerprint density at radius 3 is 2.76 bits per heavy atom. The normalized spacial score (nSPS) is 14.2. The average molecular weight is 417 g/mol. The molecular weight excluding hydrogens is 392 g/mol. The topological polar surface area (TPSA) is 94.1 Å². The molecule has 0 unspecified atom stereocenters. The smallest absolute Gasteiger partial charge is 0.143 e. The molecule has 29 heavy (non-hydrogen) atoms. The van der Waals surface area contributed by atoms with E-state index >= 15 is 0 Å². The average Bonchev–Trinajstić information content (AvgIpc) is 3.17. The maximum atomic E-state index is 12.7. The van der Waals surface area contributed by atoms with Crippen molar-refractivity contribution in [3.05, 3.63) is 64.2 Å². The highest BCUT2D eigenvalue weighted by atomic mass is 35.5. The molecule has 1 atom stereocenters. The van der Waals surface area contributed by atoms with Crippen molar-refractivity contribution in [2.45, 2.75) is 25.7 Å². The van der Waals surface area contributed by atoms with Gasteiger partial charge in [0.15, 0.2) is 0 Å². The monoisotopic (exact) mass is 416 g/mol. The maximum absolute atomic E-state index is 12.7. The molecule has 1 heterocycles. The van der Waals surface area contributed by atoms with Gasteiger partial charge in [0.1, 0.15) is 24.0 Å². The standard InChI is InChI=1S/C22H25ClN2O4/c23-19-4-1-15(2-5-19)13-20(27)14-18(22(24)25-29-10-8-26)12-16-3-6-21-17(11-16)7-9-28-21/h1-6,11,18,26H,7-10,12-14H2,(H2,24,25)/t18-/m1/s1. The van der Waals surface area contributed by atoms with E-state index in [1.54, 1.807) is 12.1 Å². The van der Waals surface area contributed by atoms with Crippen molar-refractivity contribution >= 4 is 23.2 Å². The van der Waals surface area contributed by atoms with Crippen LogP contribution < -0.4 is 10.5 Å². The summed E-state index contributed by atoms with van der Waals surface area (Å²) < 4.78 is 5.56. The lowest BCUT2D eigenvalue weighted by atomic mass is 9.90. The SMILES string of the molecule is N/C(=N\OCCO)[C@@H](CC(=O)Cc1ccc(Cl)cc1)Cc1ccc2c(c1)CCO2. The molecule has 7 heteroatoms. The fourth-order valence-corrected chi connectivity index (χ4v) is 3.47. The summed E-state index contributed by atoms with van der Waals surface area (Å²) in [5.41, 5.74) is 9.27. The number of halogens is 1. The maximum Gasteiger partial charge on any atom is 0.143 e. The van der Waals surface area contributed by atoms with Crippen LogP contribution in [-0.4, -0.2) is 36.5 Å². The first-order chi connectivity index (χ1) is 14.0. The van der Waals surface area contributed by atoms with E-state index in [0.29, 0.717) is 24.5 Å². The number of aliphatic hydroxyl groups is 1. The van der Waals surface area contributed by atoms with Crippen LogP contribution in [0.3, 0.4) is 0 Å². The highest BCUT2D eigenvalue weighted by Crippen LogP contribution is 2.27. The molecule has 0 radical (unpaired) electrons. The van der Waals surface area contributed by atoms with Crippen LogP contribution in [0.15, 0.2) is 47.6 Å². The largest absolute Gasteiger partial charge is 0.493 e. The number of carbonyl (C=O) groups is 1. The van der Waals surface area contributed by atoms with Gasteiger partial charge in [-0.15, -0.1) is 0 Å². The van der Waals surface area contributed by atoms with Crippen molar-refractivity contribution in [1.29, 1.82) is 0 Å². The molecule has 0 amide bonds. The second-order valence-electron chi connectivity index (χ2n) is 7.06. The van der Waals surface area contributed by atoms with E-state index < -0.39 is 0 Å². The third-order valence-electron chi connectivity index (χ3n) is 4.80. The molecule has 3 rings (SSSR count). The Morgan fingerprint density at radius 1 is 1.24 bits per heavy atom. The van der Waals surface area contributed by atoms with E-state index in [4.69, 9.17) is 32.0 Å². The minimum atomic E-state index is -0.297. The lowest BCUT2D eigenvalue weighted by molar-refractivity contribution is -0.118. The number of Topliss-reactive ketones (excluding diaryl/α,β-unsaturated/α-hetero) is 1. The fraction of sp³-hybridized carbons (Fsp3) is 0.364. The number of amidine groups is 1. The fourth-order valence-electron chi connectivity index (χ4n) is 3.35. The summed E-state index contributed by atoms with van der Waals surface area (Å²) in [4.78, 5) is 17.7. The number of hydrogen-bond acceptors (Lipinski definition) is 5. The molecule has 1 aliphatic rings. The van der Waals surface area contributed by atoms with Crippen LogP contribution in [0.5, 0.6) is 5.75 Å². The number of carbonyl (C=O) groups excluding carboxylic acids is 1. The van der Waals surface area contributed by atoms with Gasteiger partial charge in [0.25, 0.3) is 0 Å². The summed E-state index contributed by atoms with van der Waals surface area (Å²) >= 11 is 5.91. The lowest BCUT2D eigenvalue weighted by Crippen LogP contribution is -2.29. The van der Waals surface area contributed by atoms with Crippen molar-refractivity contribution < 1.29 is 19.5 Å². The quantitative estimate of drug-likeness (QED) is 0.269. The highest BCUT2D eigenvalue weighted by molar-refractivity contribution is 6.30. The van der Waals surface area contributed by atoms with Crippen LogP contribution in [-0.2, 0) is 28.9 Å². The minimum Gasteiger partial charge on any atom is -0.493 e. The van der Waals surface area contributed by atoms with Gasteiger partial charge in [-0.2, -0.15) is 0 Å². The number of aliphatic hydroxyl groups excluding tert-OH is 1. The van der Waals surface area contributed by atoms with Crippen molar-refractivity contribution in [3.8, 4) is 5.75 Å². The molecule has 2 aromatic rings. The molecular formula is C22H25ClN2O4. The Labute approximate surface area is 175 Å². The first-order valence-corrected chi connectivity index (χ1v) is 10.00. The molecule has 0 saturated carbocycles. The van der Waals surface area contributed by atoms with Crippen LogP contribution >= 0.6 is 11.6 Å². The Balaban J connectivity index is 1.70. The van der Waals surface area contributed by atoms with Gasteiger partial charge < -0.3 is 20.4 Å². The molecule has 6 nitrogen and oxygen atoms in total. The van der Waals surface area contributed by atoms with Gasteiger partial charge in [-0.1, -0.05) is 41.0 Å². The lowest BCUT2D eigenvalue weighted by Gasteiger charge is -2.16. The number of fused-ring (bicyclic) bond motifs is 1. The van der Waals surface area contributed by atoms with Gasteiger partial charge in [0, 0.05) is 30.2 Å². The Bertz CT molecular complexity index is 868. The predicted octanol–water partition coefficient (Wildman–Crippen LogP) is 2.92. The number of nitrogens with two attached hydrogens (primary N) is 1. The second-order valence-corrected chi connectivity index (χ2v) is 7.50. The van der Waals surface area contributed by atoms with Crippen LogP contribution in [0.4, 0.5) is 0 Å². The Hall–Kier alpha value is -2.57. The van der Waals surface area contributed by atoms with Crippen LogP contribution in [0.25, 0.3) is 0 Å². The molecule has 0 aromatic heterocycles. The number of hydrogen-bond donors (Lipinski definition) is 2. The molecule has 0 aliphatic carbocycles. The van der Waals surface area contributed by atoms with E-state index in [1.807, 2.05) is 24.3 Å². The number of rotatable bonds is 10. The van der Waals surface area contributed by atoms with E-state index in [9.17, 15) is 4.79 Å². The van der Waals surface area contributed by atoms with Crippen molar-refractivity contribution in [2.75, 3.05) is 19.8 Å². The number of oxime groups is 1. The molecule has 0 fully saturated rings. The summed E-state index contributed by atoms with van der Waals surface area (Å²) in [6.07, 6.45) is 1.99. The zero-order valence-electron chi connectivity index (χ0n) is 16.1. The summed E-state index contributed by atoms with van der Waals surface area (Å²) in [6, 6.07) is 13.3. The van der Waals surface area contributed by atoms with E-state index in [2.05, 4.69) is 11.2 Å². The molecule has 154 valence electrons. The number of ketones is 1. The van der Waals surface area contributed by atoms with Crippen LogP contribution in [0.2, 0.25) is 5.02 Å². The molecule has 1 aliphatic heterocycles. The number of ether oxygens (including phenoxy) is 1. The molecule has 0 spiro atoms. The molecule has 0 bridgehead atoms.